The molecule has 2 N–H and O–H groups in total. The Balaban J connectivity index is 2.23. The molecule has 16 heavy (non-hydrogen) atoms. The number of oxazole rings is 1. The summed E-state index contributed by atoms with van der Waals surface area (Å²) in [6.45, 7) is 0. The molecule has 4 nitrogen and oxygen atoms in total. The van der Waals surface area contributed by atoms with Gasteiger partial charge in [0, 0.05) is 6.07 Å². The van der Waals surface area contributed by atoms with Gasteiger partial charge in [-0.2, -0.15) is 0 Å². The predicted molar refractivity (Wildman–Crippen MR) is 61.1 cm³/mol. The van der Waals surface area contributed by atoms with Gasteiger partial charge in [-0.05, 0) is 12.1 Å². The average molecular weight is 235 g/mol. The van der Waals surface area contributed by atoms with Gasteiger partial charge in [0.1, 0.15) is 11.8 Å². The molecule has 0 aliphatic carbocycles. The molecule has 1 aromatic carbocycles. The third-order valence-corrected chi connectivity index (χ3v) is 2.60. The highest BCUT2D eigenvalue weighted by molar-refractivity contribution is 6.33. The average Bonchev–Trinajstić information content (AvgIpc) is 2.86. The Bertz CT molecular complexity index is 604. The number of benzene rings is 1. The third kappa shape index (κ3) is 1.35. The number of nitrogen functional groups attached to an aromatic ring is 1. The molecule has 0 saturated heterocycles. The minimum Gasteiger partial charge on any atom is -0.472 e. The van der Waals surface area contributed by atoms with E-state index in [1.165, 1.54) is 0 Å². The van der Waals surface area contributed by atoms with Gasteiger partial charge in [-0.3, -0.25) is 0 Å². The number of nitrogens with two attached hydrogens (primary N) is 1. The highest BCUT2D eigenvalue weighted by atomic mass is 35.5. The zero-order chi connectivity index (χ0) is 11.1. The number of aromatic nitrogens is 1. The van der Waals surface area contributed by atoms with Gasteiger partial charge in [-0.1, -0.05) is 11.6 Å². The van der Waals surface area contributed by atoms with Crippen molar-refractivity contribution in [3.05, 3.63) is 35.7 Å². The summed E-state index contributed by atoms with van der Waals surface area (Å²) in [5.74, 6) is 0.491. The van der Waals surface area contributed by atoms with Gasteiger partial charge in [-0.25, -0.2) is 4.98 Å². The summed E-state index contributed by atoms with van der Waals surface area (Å²) in [5, 5.41) is 0.472. The number of anilines is 1. The molecule has 5 heteroatoms. The van der Waals surface area contributed by atoms with Gasteiger partial charge in [0.15, 0.2) is 5.58 Å². The molecule has 0 atom stereocenters. The van der Waals surface area contributed by atoms with Gasteiger partial charge in [0.25, 0.3) is 0 Å². The maximum Gasteiger partial charge on any atom is 0.230 e. The molecule has 0 fully saturated rings. The number of hydrogen-bond acceptors (Lipinski definition) is 4. The van der Waals surface area contributed by atoms with Gasteiger partial charge in [0.05, 0.1) is 22.5 Å². The Kier molecular flexibility index (Phi) is 1.91. The number of hydrogen-bond donors (Lipinski definition) is 1. The second-order valence-corrected chi connectivity index (χ2v) is 3.78. The molecule has 0 unspecified atom stereocenters. The van der Waals surface area contributed by atoms with Crippen LogP contribution in [0.3, 0.4) is 0 Å². The van der Waals surface area contributed by atoms with Gasteiger partial charge in [-0.15, -0.1) is 0 Å². The number of rotatable bonds is 1. The lowest BCUT2D eigenvalue weighted by Crippen LogP contribution is -1.84. The largest absolute Gasteiger partial charge is 0.472 e. The minimum atomic E-state index is 0.472. The predicted octanol–water partition coefficient (Wildman–Crippen LogP) is 3.32. The molecular formula is C11H7ClN2O2. The first-order valence-corrected chi connectivity index (χ1v) is 5.00. The first-order chi connectivity index (χ1) is 7.74. The summed E-state index contributed by atoms with van der Waals surface area (Å²) >= 11 is 5.90. The van der Waals surface area contributed by atoms with Crippen molar-refractivity contribution in [1.82, 2.24) is 4.98 Å². The van der Waals surface area contributed by atoms with E-state index in [1.807, 2.05) is 0 Å². The number of halogens is 1. The highest BCUT2D eigenvalue weighted by Gasteiger charge is 2.10. The first-order valence-electron chi connectivity index (χ1n) is 4.62. The molecule has 2 aromatic heterocycles. The highest BCUT2D eigenvalue weighted by Crippen LogP contribution is 2.29. The third-order valence-electron chi connectivity index (χ3n) is 2.28. The van der Waals surface area contributed by atoms with Crippen molar-refractivity contribution in [3.8, 4) is 11.5 Å². The van der Waals surface area contributed by atoms with Crippen LogP contribution < -0.4 is 5.73 Å². The monoisotopic (exact) mass is 234 g/mol. The van der Waals surface area contributed by atoms with Crippen LogP contribution in [-0.2, 0) is 0 Å². The Hall–Kier alpha value is -1.94. The van der Waals surface area contributed by atoms with E-state index in [1.54, 1.807) is 30.7 Å². The summed E-state index contributed by atoms with van der Waals surface area (Å²) in [5.41, 5.74) is 8.22. The number of furan rings is 1. The van der Waals surface area contributed by atoms with E-state index in [9.17, 15) is 0 Å². The van der Waals surface area contributed by atoms with Crippen molar-refractivity contribution < 1.29 is 8.83 Å². The van der Waals surface area contributed by atoms with Crippen LogP contribution in [0.4, 0.5) is 5.69 Å². The van der Waals surface area contributed by atoms with Crippen LogP contribution in [0, 0.1) is 0 Å². The van der Waals surface area contributed by atoms with Crippen LogP contribution in [0.5, 0.6) is 0 Å². The fourth-order valence-corrected chi connectivity index (χ4v) is 1.63. The standard InChI is InChI=1S/C11H7ClN2O2/c12-7-3-9-10(4-8(7)13)16-11(14-9)6-1-2-15-5-6/h1-5H,13H2. The van der Waals surface area contributed by atoms with Crippen molar-refractivity contribution >= 4 is 28.4 Å². The van der Waals surface area contributed by atoms with E-state index in [4.69, 9.17) is 26.2 Å². The molecule has 3 aromatic rings. The van der Waals surface area contributed by atoms with Crippen LogP contribution in [0.2, 0.25) is 5.02 Å². The molecule has 0 spiro atoms. The van der Waals surface area contributed by atoms with E-state index in [0.29, 0.717) is 27.7 Å². The van der Waals surface area contributed by atoms with Gasteiger partial charge < -0.3 is 14.6 Å². The first kappa shape index (κ1) is 9.30. The normalized spacial score (nSPS) is 11.1. The molecule has 0 aliphatic heterocycles. The lowest BCUT2D eigenvalue weighted by molar-refractivity contribution is 0.564. The van der Waals surface area contributed by atoms with Crippen molar-refractivity contribution in [2.45, 2.75) is 0 Å². The summed E-state index contributed by atoms with van der Waals surface area (Å²) in [4.78, 5) is 4.29. The molecule has 2 heterocycles. The smallest absolute Gasteiger partial charge is 0.230 e. The maximum atomic E-state index is 5.90. The second-order valence-electron chi connectivity index (χ2n) is 3.37. The molecule has 80 valence electrons. The van der Waals surface area contributed by atoms with Gasteiger partial charge >= 0.3 is 0 Å². The topological polar surface area (TPSA) is 65.2 Å². The quantitative estimate of drug-likeness (QED) is 0.656. The van der Waals surface area contributed by atoms with E-state index in [0.717, 1.165) is 5.56 Å². The van der Waals surface area contributed by atoms with E-state index >= 15 is 0 Å². The fraction of sp³-hybridized carbons (Fsp3) is 0. The maximum absolute atomic E-state index is 5.90. The Morgan fingerprint density at radius 1 is 1.31 bits per heavy atom. The fourth-order valence-electron chi connectivity index (χ4n) is 1.47. The molecule has 3 rings (SSSR count). The van der Waals surface area contributed by atoms with E-state index in [-0.39, 0.29) is 0 Å². The van der Waals surface area contributed by atoms with Gasteiger partial charge in [0.2, 0.25) is 5.89 Å². The van der Waals surface area contributed by atoms with Crippen molar-refractivity contribution in [3.63, 3.8) is 0 Å². The van der Waals surface area contributed by atoms with Crippen LogP contribution in [0.15, 0.2) is 39.6 Å². The van der Waals surface area contributed by atoms with Crippen molar-refractivity contribution in [2.75, 3.05) is 5.73 Å². The molecule has 0 aliphatic rings. The Morgan fingerprint density at radius 2 is 2.19 bits per heavy atom. The van der Waals surface area contributed by atoms with Crippen LogP contribution in [-0.4, -0.2) is 4.98 Å². The lowest BCUT2D eigenvalue weighted by Gasteiger charge is -1.94. The summed E-state index contributed by atoms with van der Waals surface area (Å²) in [6, 6.07) is 5.11. The molecule has 0 radical (unpaired) electrons. The lowest BCUT2D eigenvalue weighted by atomic mass is 10.3. The molecule has 0 amide bonds. The van der Waals surface area contributed by atoms with Crippen LogP contribution in [0.1, 0.15) is 0 Å². The summed E-state index contributed by atoms with van der Waals surface area (Å²) in [6.07, 6.45) is 3.13. The van der Waals surface area contributed by atoms with E-state index < -0.39 is 0 Å². The van der Waals surface area contributed by atoms with Crippen molar-refractivity contribution in [2.24, 2.45) is 0 Å². The van der Waals surface area contributed by atoms with Crippen LogP contribution >= 0.6 is 11.6 Å². The number of fused-ring (bicyclic) bond motifs is 1. The van der Waals surface area contributed by atoms with E-state index in [2.05, 4.69) is 4.98 Å². The minimum absolute atomic E-state index is 0.472. The van der Waals surface area contributed by atoms with Crippen molar-refractivity contribution in [1.29, 1.82) is 0 Å². The zero-order valence-corrected chi connectivity index (χ0v) is 8.86. The molecule has 0 saturated carbocycles. The van der Waals surface area contributed by atoms with Crippen LogP contribution in [0.25, 0.3) is 22.6 Å². The SMILES string of the molecule is Nc1cc2oc(-c3ccoc3)nc2cc1Cl. The zero-order valence-electron chi connectivity index (χ0n) is 8.11. The molecular weight excluding hydrogens is 228 g/mol. The Labute approximate surface area is 95.6 Å². The summed E-state index contributed by atoms with van der Waals surface area (Å²) in [7, 11) is 0. The number of nitrogens with zero attached hydrogens (tertiary/aromatic N) is 1. The Morgan fingerprint density at radius 3 is 2.94 bits per heavy atom. The molecule has 0 bridgehead atoms. The second kappa shape index (κ2) is 3.28. The summed E-state index contributed by atoms with van der Waals surface area (Å²) < 4.78 is 10.5.